The third-order valence-corrected chi connectivity index (χ3v) is 21.4. The molecule has 0 aliphatic heterocycles. The molecule has 0 rings (SSSR count). The lowest BCUT2D eigenvalue weighted by atomic mass is 9.85. The van der Waals surface area contributed by atoms with Gasteiger partial charge in [-0.15, -0.1) is 0 Å². The zero-order chi connectivity index (χ0) is 60.8. The summed E-state index contributed by atoms with van der Waals surface area (Å²) in [4.78, 5) is 0. The highest BCUT2D eigenvalue weighted by Gasteiger charge is 2.50. The van der Waals surface area contributed by atoms with E-state index in [1.165, 1.54) is 308 Å². The highest BCUT2D eigenvalue weighted by Crippen LogP contribution is 2.64. The van der Waals surface area contributed by atoms with Crippen LogP contribution in [0.15, 0.2) is 0 Å². The predicted octanol–water partition coefficient (Wildman–Crippen LogP) is 30.3. The minimum atomic E-state index is -4.19. The molecule has 0 spiro atoms. The van der Waals surface area contributed by atoms with Crippen molar-refractivity contribution in [3.05, 3.63) is 0 Å². The Morgan fingerprint density at radius 1 is 0.169 bits per heavy atom. The van der Waals surface area contributed by atoms with Gasteiger partial charge in [0.1, 0.15) is 0 Å². The van der Waals surface area contributed by atoms with Crippen LogP contribution < -0.4 is 0 Å². The molecule has 0 N–H and O–H groups in total. The van der Waals surface area contributed by atoms with Gasteiger partial charge < -0.3 is 0 Å². The smallest absolute Gasteiger partial charge is 0.280 e. The summed E-state index contributed by atoms with van der Waals surface area (Å²) in [5.74, 6) is 0. The van der Waals surface area contributed by atoms with Gasteiger partial charge in [-0.3, -0.25) is 13.6 Å². The van der Waals surface area contributed by atoms with E-state index in [9.17, 15) is 0 Å². The molecule has 0 fully saturated rings. The van der Waals surface area contributed by atoms with E-state index in [2.05, 4.69) is 62.3 Å². The summed E-state index contributed by atoms with van der Waals surface area (Å²) in [5, 5.41) is 0. The SMILES string of the molecule is CCCCCCCCCC(CCCCCCCC)(CCCCCCCC)OP(=O)(OC(CCCCCCCC)(CCCCCCCC)CCCCCCCCC)OC(CCCCCCCC)(CCCCCCCC)CCCCCCCCC. The average Bonchev–Trinajstić information content (AvgIpc) is 3.48. The maximum atomic E-state index is 17.9. The second-order valence-corrected chi connectivity index (χ2v) is 29.4. The standard InChI is InChI=1S/C78H159O4P/c1-10-19-28-37-46-55-64-73-76(67-58-49-40-31-22-13-4,68-59-50-41-32-23-14-5)80-83(79,81-77(69-60-51-42-33-24-15-6,70-61-52-43-34-25-16-7)74-65-56-47-38-29-20-11-2)82-78(71-62-53-44-35-26-17-8,72-63-54-45-36-27-18-9)75-66-57-48-39-30-21-12-3/h10-75H2,1-9H3. The molecule has 0 saturated heterocycles. The minimum Gasteiger partial charge on any atom is -0.280 e. The average molecular weight is 1190 g/mol. The summed E-state index contributed by atoms with van der Waals surface area (Å²) in [5.41, 5.74) is -1.53. The lowest BCUT2D eigenvalue weighted by Crippen LogP contribution is -2.40. The third kappa shape index (κ3) is 50.5. The summed E-state index contributed by atoms with van der Waals surface area (Å²) in [6.07, 6.45) is 81.4. The Morgan fingerprint density at radius 2 is 0.265 bits per heavy atom. The van der Waals surface area contributed by atoms with E-state index in [4.69, 9.17) is 13.6 Å². The molecule has 0 aromatic carbocycles. The number of hydrogen-bond donors (Lipinski definition) is 0. The van der Waals surface area contributed by atoms with Gasteiger partial charge in [-0.2, -0.15) is 0 Å². The molecule has 0 saturated carbocycles. The Morgan fingerprint density at radius 3 is 0.373 bits per heavy atom. The van der Waals surface area contributed by atoms with Crippen LogP contribution in [-0.4, -0.2) is 16.8 Å². The van der Waals surface area contributed by atoms with Gasteiger partial charge in [0, 0.05) is 0 Å². The zero-order valence-corrected chi connectivity index (χ0v) is 60.1. The van der Waals surface area contributed by atoms with Crippen molar-refractivity contribution >= 4 is 7.82 Å². The van der Waals surface area contributed by atoms with Crippen molar-refractivity contribution in [2.24, 2.45) is 0 Å². The summed E-state index contributed by atoms with van der Waals surface area (Å²) in [6.45, 7) is 21.1. The highest BCUT2D eigenvalue weighted by molar-refractivity contribution is 7.48. The first-order valence-electron chi connectivity index (χ1n) is 39.4. The fraction of sp³-hybridized carbons (Fsp3) is 1.00. The summed E-state index contributed by atoms with van der Waals surface area (Å²) in [6, 6.07) is 0. The molecule has 0 aliphatic carbocycles. The minimum absolute atomic E-state index is 0.509. The van der Waals surface area contributed by atoms with E-state index >= 15 is 4.57 Å². The lowest BCUT2D eigenvalue weighted by molar-refractivity contribution is -0.0910. The van der Waals surface area contributed by atoms with Gasteiger partial charge in [0.2, 0.25) is 0 Å². The van der Waals surface area contributed by atoms with Crippen LogP contribution in [0.5, 0.6) is 0 Å². The zero-order valence-electron chi connectivity index (χ0n) is 59.2. The molecular formula is C78H159O4P. The Hall–Kier alpha value is 0.110. The molecule has 83 heavy (non-hydrogen) atoms. The molecular weight excluding hydrogens is 1030 g/mol. The number of unbranched alkanes of at least 4 members (excludes halogenated alkanes) is 48. The maximum Gasteiger partial charge on any atom is 0.476 e. The van der Waals surface area contributed by atoms with Gasteiger partial charge in [-0.05, 0) is 57.8 Å². The topological polar surface area (TPSA) is 44.8 Å². The van der Waals surface area contributed by atoms with Crippen LogP contribution in [0.2, 0.25) is 0 Å². The molecule has 0 bridgehead atoms. The summed E-state index contributed by atoms with van der Waals surface area (Å²) >= 11 is 0. The quantitative estimate of drug-likeness (QED) is 0.0450. The van der Waals surface area contributed by atoms with E-state index < -0.39 is 24.6 Å². The number of hydrogen-bond acceptors (Lipinski definition) is 4. The molecule has 0 aliphatic rings. The number of phosphoric ester groups is 1. The molecule has 5 heteroatoms. The van der Waals surface area contributed by atoms with Gasteiger partial charge in [0.05, 0.1) is 16.8 Å². The molecule has 0 radical (unpaired) electrons. The second kappa shape index (κ2) is 62.3. The van der Waals surface area contributed by atoms with Crippen LogP contribution in [0.3, 0.4) is 0 Å². The first-order chi connectivity index (χ1) is 40.7. The first kappa shape index (κ1) is 83.1. The Balaban J connectivity index is 8.48. The van der Waals surface area contributed by atoms with Crippen molar-refractivity contribution < 1.29 is 18.1 Å². The first-order valence-corrected chi connectivity index (χ1v) is 40.8. The maximum absolute atomic E-state index is 17.9. The van der Waals surface area contributed by atoms with E-state index in [-0.39, 0.29) is 0 Å². The molecule has 0 atom stereocenters. The lowest BCUT2D eigenvalue weighted by Gasteiger charge is -2.45. The van der Waals surface area contributed by atoms with Crippen LogP contribution in [0.25, 0.3) is 0 Å². The molecule has 0 aromatic rings. The van der Waals surface area contributed by atoms with Gasteiger partial charge >= 0.3 is 7.82 Å². The largest absolute Gasteiger partial charge is 0.476 e. The van der Waals surface area contributed by atoms with Crippen LogP contribution >= 0.6 is 7.82 Å². The molecule has 0 heterocycles. The van der Waals surface area contributed by atoms with Gasteiger partial charge in [0.25, 0.3) is 0 Å². The normalized spacial score (nSPS) is 12.6. The van der Waals surface area contributed by atoms with Gasteiger partial charge in [-0.1, -0.05) is 428 Å². The van der Waals surface area contributed by atoms with Crippen LogP contribution in [0.4, 0.5) is 0 Å². The van der Waals surface area contributed by atoms with E-state index in [1.807, 2.05) is 0 Å². The van der Waals surface area contributed by atoms with E-state index in [1.54, 1.807) is 0 Å². The molecule has 0 amide bonds. The van der Waals surface area contributed by atoms with Crippen molar-refractivity contribution in [3.8, 4) is 0 Å². The van der Waals surface area contributed by atoms with Crippen LogP contribution in [0, 0.1) is 0 Å². The van der Waals surface area contributed by atoms with Crippen molar-refractivity contribution in [2.45, 2.75) is 503 Å². The van der Waals surface area contributed by atoms with Crippen LogP contribution in [-0.2, 0) is 18.1 Å². The van der Waals surface area contributed by atoms with Crippen molar-refractivity contribution in [1.29, 1.82) is 0 Å². The van der Waals surface area contributed by atoms with Gasteiger partial charge in [0.15, 0.2) is 0 Å². The predicted molar refractivity (Wildman–Crippen MR) is 375 cm³/mol. The Kier molecular flexibility index (Phi) is 62.4. The highest BCUT2D eigenvalue weighted by atomic mass is 31.2. The fourth-order valence-electron chi connectivity index (χ4n) is 13.9. The molecule has 500 valence electrons. The second-order valence-electron chi connectivity index (χ2n) is 28.0. The monoisotopic (exact) mass is 1190 g/mol. The van der Waals surface area contributed by atoms with Crippen molar-refractivity contribution in [2.75, 3.05) is 0 Å². The van der Waals surface area contributed by atoms with E-state index in [0.717, 1.165) is 116 Å². The Labute approximate surface area is 526 Å². The molecule has 0 aromatic heterocycles. The Bertz CT molecular complexity index is 1100. The van der Waals surface area contributed by atoms with Crippen molar-refractivity contribution in [3.63, 3.8) is 0 Å². The summed E-state index contributed by atoms with van der Waals surface area (Å²) in [7, 11) is -4.19. The summed E-state index contributed by atoms with van der Waals surface area (Å²) < 4.78 is 42.2. The number of rotatable bonds is 72. The number of phosphoric acid groups is 1. The fourth-order valence-corrected chi connectivity index (χ4v) is 16.2. The van der Waals surface area contributed by atoms with Crippen molar-refractivity contribution in [1.82, 2.24) is 0 Å². The van der Waals surface area contributed by atoms with E-state index in [0.29, 0.717) is 0 Å². The molecule has 4 nitrogen and oxygen atoms in total. The third-order valence-electron chi connectivity index (χ3n) is 19.5. The van der Waals surface area contributed by atoms with Crippen LogP contribution in [0.1, 0.15) is 486 Å². The van der Waals surface area contributed by atoms with Gasteiger partial charge in [-0.25, -0.2) is 4.57 Å². The molecule has 0 unspecified atom stereocenters.